The number of ether oxygens (including phenoxy) is 1. The smallest absolute Gasteiger partial charge is 0.290 e. The fraction of sp³-hybridized carbons (Fsp3) is 0.267. The highest BCUT2D eigenvalue weighted by Crippen LogP contribution is 2.21. The summed E-state index contributed by atoms with van der Waals surface area (Å²) in [4.78, 5) is 14.2. The van der Waals surface area contributed by atoms with Crippen molar-refractivity contribution in [1.82, 2.24) is 4.98 Å². The van der Waals surface area contributed by atoms with Crippen LogP contribution in [0.15, 0.2) is 36.5 Å². The van der Waals surface area contributed by atoms with E-state index in [1.807, 2.05) is 0 Å². The molecule has 0 aliphatic rings. The van der Waals surface area contributed by atoms with Crippen LogP contribution in [0.5, 0.6) is 5.75 Å². The maximum atomic E-state index is 10.7. The van der Waals surface area contributed by atoms with Gasteiger partial charge in [0.15, 0.2) is 0 Å². The number of nitrogens with one attached hydrogen (secondary N) is 1. The number of hydrogen-bond donors (Lipinski definition) is 2. The van der Waals surface area contributed by atoms with Gasteiger partial charge >= 0.3 is 0 Å². The number of aliphatic hydroxyl groups is 1. The van der Waals surface area contributed by atoms with Crippen LogP contribution in [0.2, 0.25) is 0 Å². The van der Waals surface area contributed by atoms with Crippen LogP contribution in [0.3, 0.4) is 0 Å². The van der Waals surface area contributed by atoms with Gasteiger partial charge in [0.25, 0.3) is 5.69 Å². The molecule has 0 amide bonds. The molecule has 0 spiro atoms. The number of pyridine rings is 1. The minimum absolute atomic E-state index is 0.0288. The van der Waals surface area contributed by atoms with E-state index in [9.17, 15) is 15.2 Å². The molecule has 7 heteroatoms. The van der Waals surface area contributed by atoms with Gasteiger partial charge in [0.1, 0.15) is 17.8 Å². The largest absolute Gasteiger partial charge is 0.497 e. The normalized spacial score (nSPS) is 11.8. The van der Waals surface area contributed by atoms with Gasteiger partial charge in [-0.2, -0.15) is 0 Å². The monoisotopic (exact) mass is 303 g/mol. The lowest BCUT2D eigenvalue weighted by Gasteiger charge is -2.13. The Morgan fingerprint density at radius 3 is 2.86 bits per heavy atom. The van der Waals surface area contributed by atoms with Crippen molar-refractivity contribution in [1.29, 1.82) is 0 Å². The van der Waals surface area contributed by atoms with Crippen molar-refractivity contribution >= 4 is 11.5 Å². The average Bonchev–Trinajstić information content (AvgIpc) is 2.52. The first kappa shape index (κ1) is 15.7. The van der Waals surface area contributed by atoms with E-state index >= 15 is 0 Å². The molecular weight excluding hydrogens is 286 g/mol. The zero-order valence-corrected chi connectivity index (χ0v) is 12.3. The molecule has 0 saturated carbocycles. The summed E-state index contributed by atoms with van der Waals surface area (Å²) in [5.74, 6) is 1.14. The predicted octanol–water partition coefficient (Wildman–Crippen LogP) is 2.45. The van der Waals surface area contributed by atoms with Crippen molar-refractivity contribution in [3.63, 3.8) is 0 Å². The van der Waals surface area contributed by atoms with Gasteiger partial charge in [-0.15, -0.1) is 0 Å². The molecule has 1 aromatic carbocycles. The number of aliphatic hydroxyl groups excluding tert-OH is 1. The van der Waals surface area contributed by atoms with Gasteiger partial charge in [-0.05, 0) is 30.7 Å². The summed E-state index contributed by atoms with van der Waals surface area (Å²) in [5.41, 5.74) is 1.20. The first-order valence-corrected chi connectivity index (χ1v) is 6.68. The molecule has 7 nitrogen and oxygen atoms in total. The van der Waals surface area contributed by atoms with Gasteiger partial charge in [0.2, 0.25) is 0 Å². The van der Waals surface area contributed by atoms with Crippen LogP contribution in [0.1, 0.15) is 17.2 Å². The van der Waals surface area contributed by atoms with Crippen molar-refractivity contribution in [2.75, 3.05) is 19.0 Å². The Hall–Kier alpha value is -2.67. The number of anilines is 1. The van der Waals surface area contributed by atoms with Gasteiger partial charge in [0, 0.05) is 12.1 Å². The quantitative estimate of drug-likeness (QED) is 0.628. The number of nitrogens with zero attached hydrogens (tertiary/aromatic N) is 2. The van der Waals surface area contributed by atoms with Gasteiger partial charge in [0.05, 0.1) is 18.1 Å². The van der Waals surface area contributed by atoms with Crippen LogP contribution >= 0.6 is 0 Å². The lowest BCUT2D eigenvalue weighted by molar-refractivity contribution is -0.385. The molecule has 0 bridgehead atoms. The average molecular weight is 303 g/mol. The molecule has 0 aliphatic heterocycles. The topological polar surface area (TPSA) is 97.5 Å². The Labute approximate surface area is 127 Å². The molecule has 2 N–H and O–H groups in total. The maximum absolute atomic E-state index is 10.7. The van der Waals surface area contributed by atoms with Crippen LogP contribution in [0.25, 0.3) is 0 Å². The van der Waals surface area contributed by atoms with Crippen molar-refractivity contribution in [3.05, 3.63) is 57.8 Å². The molecule has 0 radical (unpaired) electrons. The maximum Gasteiger partial charge on any atom is 0.290 e. The SMILES string of the molecule is COc1cccc(C(O)CNc2cc(C)c([N+](=O)[O-])cn2)c1. The number of rotatable bonds is 6. The van der Waals surface area contributed by atoms with Crippen LogP contribution in [0.4, 0.5) is 11.5 Å². The summed E-state index contributed by atoms with van der Waals surface area (Å²) >= 11 is 0. The minimum Gasteiger partial charge on any atom is -0.497 e. The van der Waals surface area contributed by atoms with E-state index in [-0.39, 0.29) is 12.2 Å². The molecule has 2 aromatic rings. The number of aryl methyl sites for hydroxylation is 1. The molecule has 0 fully saturated rings. The van der Waals surface area contributed by atoms with Crippen LogP contribution < -0.4 is 10.1 Å². The minimum atomic E-state index is -0.743. The van der Waals surface area contributed by atoms with Gasteiger partial charge in [-0.25, -0.2) is 4.98 Å². The molecular formula is C15H17N3O4. The first-order chi connectivity index (χ1) is 10.5. The highest BCUT2D eigenvalue weighted by Gasteiger charge is 2.13. The third kappa shape index (κ3) is 3.70. The van der Waals surface area contributed by atoms with Crippen molar-refractivity contribution in [2.45, 2.75) is 13.0 Å². The number of hydrogen-bond acceptors (Lipinski definition) is 6. The molecule has 0 aliphatic carbocycles. The fourth-order valence-electron chi connectivity index (χ4n) is 2.00. The van der Waals surface area contributed by atoms with Gasteiger partial charge < -0.3 is 15.2 Å². The zero-order valence-electron chi connectivity index (χ0n) is 12.3. The Morgan fingerprint density at radius 1 is 1.45 bits per heavy atom. The van der Waals surface area contributed by atoms with Crippen LogP contribution in [-0.4, -0.2) is 28.7 Å². The van der Waals surface area contributed by atoms with Crippen molar-refractivity contribution in [2.24, 2.45) is 0 Å². The summed E-state index contributed by atoms with van der Waals surface area (Å²) in [6.07, 6.45) is 0.461. The molecule has 0 saturated heterocycles. The highest BCUT2D eigenvalue weighted by molar-refractivity contribution is 5.47. The molecule has 116 valence electrons. The Morgan fingerprint density at radius 2 is 2.23 bits per heavy atom. The fourth-order valence-corrected chi connectivity index (χ4v) is 2.00. The third-order valence-corrected chi connectivity index (χ3v) is 3.23. The van der Waals surface area contributed by atoms with E-state index in [4.69, 9.17) is 4.74 Å². The summed E-state index contributed by atoms with van der Waals surface area (Å²) in [7, 11) is 1.56. The summed E-state index contributed by atoms with van der Waals surface area (Å²) in [5, 5.41) is 23.9. The van der Waals surface area contributed by atoms with E-state index in [2.05, 4.69) is 10.3 Å². The number of nitro groups is 1. The molecule has 1 aromatic heterocycles. The number of aromatic nitrogens is 1. The lowest BCUT2D eigenvalue weighted by atomic mass is 10.1. The highest BCUT2D eigenvalue weighted by atomic mass is 16.6. The second-order valence-corrected chi connectivity index (χ2v) is 4.79. The van der Waals surface area contributed by atoms with E-state index in [0.29, 0.717) is 22.7 Å². The zero-order chi connectivity index (χ0) is 16.1. The molecule has 2 rings (SSSR count). The summed E-state index contributed by atoms with van der Waals surface area (Å²) < 4.78 is 5.11. The van der Waals surface area contributed by atoms with Crippen molar-refractivity contribution in [3.8, 4) is 5.75 Å². The summed E-state index contributed by atoms with van der Waals surface area (Å²) in [6.45, 7) is 1.88. The van der Waals surface area contributed by atoms with Crippen LogP contribution in [-0.2, 0) is 0 Å². The van der Waals surface area contributed by atoms with Gasteiger partial charge in [-0.1, -0.05) is 12.1 Å². The Bertz CT molecular complexity index is 676. The third-order valence-electron chi connectivity index (χ3n) is 3.23. The van der Waals surface area contributed by atoms with E-state index in [1.165, 1.54) is 6.20 Å². The lowest BCUT2D eigenvalue weighted by Crippen LogP contribution is -2.13. The van der Waals surface area contributed by atoms with E-state index in [0.717, 1.165) is 0 Å². The van der Waals surface area contributed by atoms with E-state index in [1.54, 1.807) is 44.4 Å². The summed E-state index contributed by atoms with van der Waals surface area (Å²) in [6, 6.07) is 8.72. The molecule has 1 heterocycles. The predicted molar refractivity (Wildman–Crippen MR) is 82.1 cm³/mol. The second-order valence-electron chi connectivity index (χ2n) is 4.79. The molecule has 1 unspecified atom stereocenters. The second kappa shape index (κ2) is 6.86. The Kier molecular flexibility index (Phi) is 4.90. The molecule has 1 atom stereocenters. The van der Waals surface area contributed by atoms with Crippen molar-refractivity contribution < 1.29 is 14.8 Å². The molecule has 22 heavy (non-hydrogen) atoms. The standard InChI is InChI=1S/C15H17N3O4/c1-10-6-15(16-8-13(10)18(20)21)17-9-14(19)11-4-3-5-12(7-11)22-2/h3-8,14,19H,9H2,1-2H3,(H,16,17). The number of benzene rings is 1. The number of methoxy groups -OCH3 is 1. The Balaban J connectivity index is 2.03. The first-order valence-electron chi connectivity index (χ1n) is 6.68. The van der Waals surface area contributed by atoms with E-state index < -0.39 is 11.0 Å². The van der Waals surface area contributed by atoms with Crippen LogP contribution in [0, 0.1) is 17.0 Å². The van der Waals surface area contributed by atoms with Gasteiger partial charge in [-0.3, -0.25) is 10.1 Å².